The van der Waals surface area contributed by atoms with Gasteiger partial charge in [-0.15, -0.1) is 0 Å². The van der Waals surface area contributed by atoms with E-state index in [-0.39, 0.29) is 11.9 Å². The van der Waals surface area contributed by atoms with Gasteiger partial charge in [0.25, 0.3) is 0 Å². The molecule has 0 fully saturated rings. The molecule has 1 rings (SSSR count). The maximum Gasteiger partial charge on any atom is 0.237 e. The number of hydrogen-bond acceptors (Lipinski definition) is 2. The summed E-state index contributed by atoms with van der Waals surface area (Å²) in [4.78, 5) is 11.9. The Morgan fingerprint density at radius 2 is 2.06 bits per heavy atom. The molecule has 18 heavy (non-hydrogen) atoms. The van der Waals surface area contributed by atoms with Crippen LogP contribution in [-0.2, 0) is 4.79 Å². The second kappa shape index (κ2) is 7.17. The lowest BCUT2D eigenvalue weighted by Gasteiger charge is -2.19. The molecule has 100 valence electrons. The third-order valence-corrected chi connectivity index (χ3v) is 3.22. The quantitative estimate of drug-likeness (QED) is 0.813. The highest BCUT2D eigenvalue weighted by molar-refractivity contribution is 5.81. The largest absolute Gasteiger partial charge is 0.348 e. The van der Waals surface area contributed by atoms with Crippen LogP contribution in [0.1, 0.15) is 50.3 Å². The number of rotatable bonds is 6. The van der Waals surface area contributed by atoms with Gasteiger partial charge >= 0.3 is 0 Å². The molecule has 0 aromatic heterocycles. The van der Waals surface area contributed by atoms with E-state index in [1.807, 2.05) is 25.1 Å². The van der Waals surface area contributed by atoms with Crippen molar-refractivity contribution in [2.24, 2.45) is 5.73 Å². The van der Waals surface area contributed by atoms with E-state index in [1.54, 1.807) is 0 Å². The monoisotopic (exact) mass is 248 g/mol. The molecule has 0 bridgehead atoms. The average Bonchev–Trinajstić information content (AvgIpc) is 2.36. The van der Waals surface area contributed by atoms with Gasteiger partial charge in [-0.2, -0.15) is 0 Å². The third kappa shape index (κ3) is 4.15. The van der Waals surface area contributed by atoms with Crippen LogP contribution in [-0.4, -0.2) is 11.9 Å². The summed E-state index contributed by atoms with van der Waals surface area (Å²) in [6.07, 6.45) is 2.81. The fourth-order valence-electron chi connectivity index (χ4n) is 2.03. The summed E-state index contributed by atoms with van der Waals surface area (Å²) < 4.78 is 0. The van der Waals surface area contributed by atoms with E-state index in [4.69, 9.17) is 5.73 Å². The van der Waals surface area contributed by atoms with Crippen LogP contribution in [0.5, 0.6) is 0 Å². The Labute approximate surface area is 110 Å². The van der Waals surface area contributed by atoms with E-state index >= 15 is 0 Å². The number of nitrogens with two attached hydrogens (primary N) is 1. The molecule has 0 aliphatic carbocycles. The molecule has 1 unspecified atom stereocenters. The molecule has 0 saturated heterocycles. The highest BCUT2D eigenvalue weighted by Gasteiger charge is 2.16. The number of carbonyl (C=O) groups is 1. The molecule has 0 saturated carbocycles. The van der Waals surface area contributed by atoms with Gasteiger partial charge in [0.1, 0.15) is 0 Å². The molecule has 1 amide bonds. The minimum absolute atomic E-state index is 0.00590. The fraction of sp³-hybridized carbons (Fsp3) is 0.533. The summed E-state index contributed by atoms with van der Waals surface area (Å²) >= 11 is 0. The van der Waals surface area contributed by atoms with Gasteiger partial charge in [-0.25, -0.2) is 0 Å². The molecule has 0 aliphatic rings. The highest BCUT2D eigenvalue weighted by atomic mass is 16.2. The molecule has 0 heterocycles. The van der Waals surface area contributed by atoms with E-state index in [0.717, 1.165) is 24.8 Å². The van der Waals surface area contributed by atoms with Crippen molar-refractivity contribution >= 4 is 5.91 Å². The second-order valence-corrected chi connectivity index (χ2v) is 4.84. The van der Waals surface area contributed by atoms with Gasteiger partial charge in [-0.3, -0.25) is 4.79 Å². The van der Waals surface area contributed by atoms with Crippen LogP contribution < -0.4 is 11.1 Å². The molecule has 0 radical (unpaired) electrons. The van der Waals surface area contributed by atoms with Gasteiger partial charge in [0.05, 0.1) is 12.1 Å². The lowest BCUT2D eigenvalue weighted by molar-refractivity contribution is -0.123. The van der Waals surface area contributed by atoms with Crippen LogP contribution in [0, 0.1) is 6.92 Å². The Bertz CT molecular complexity index is 390. The lowest BCUT2D eigenvalue weighted by Crippen LogP contribution is -2.41. The predicted octanol–water partition coefficient (Wildman–Crippen LogP) is 2.69. The molecule has 0 aliphatic heterocycles. The van der Waals surface area contributed by atoms with Gasteiger partial charge in [-0.05, 0) is 31.4 Å². The van der Waals surface area contributed by atoms with E-state index in [1.165, 1.54) is 5.56 Å². The SMILES string of the molecule is CCCC[C@H](N)C(=O)NC(C)c1ccccc1C. The Balaban J connectivity index is 2.57. The molecular formula is C15H24N2O. The molecule has 3 N–H and O–H groups in total. The third-order valence-electron chi connectivity index (χ3n) is 3.22. The fourth-order valence-corrected chi connectivity index (χ4v) is 2.03. The maximum atomic E-state index is 11.9. The van der Waals surface area contributed by atoms with Crippen LogP contribution in [0.2, 0.25) is 0 Å². The van der Waals surface area contributed by atoms with Gasteiger partial charge in [0, 0.05) is 0 Å². The molecule has 2 atom stereocenters. The van der Waals surface area contributed by atoms with Crippen LogP contribution in [0.15, 0.2) is 24.3 Å². The van der Waals surface area contributed by atoms with Gasteiger partial charge in [0.2, 0.25) is 5.91 Å². The van der Waals surface area contributed by atoms with Crippen molar-refractivity contribution in [3.63, 3.8) is 0 Å². The van der Waals surface area contributed by atoms with Crippen molar-refractivity contribution in [2.45, 2.75) is 52.1 Å². The molecule has 0 spiro atoms. The first-order valence-electron chi connectivity index (χ1n) is 6.67. The highest BCUT2D eigenvalue weighted by Crippen LogP contribution is 2.16. The lowest BCUT2D eigenvalue weighted by atomic mass is 10.0. The first kappa shape index (κ1) is 14.7. The number of aryl methyl sites for hydroxylation is 1. The van der Waals surface area contributed by atoms with Crippen molar-refractivity contribution in [1.82, 2.24) is 5.32 Å². The smallest absolute Gasteiger partial charge is 0.237 e. The summed E-state index contributed by atoms with van der Waals surface area (Å²) in [7, 11) is 0. The van der Waals surface area contributed by atoms with Crippen LogP contribution >= 0.6 is 0 Å². The molecule has 1 aromatic rings. The molecule has 3 heteroatoms. The normalized spacial score (nSPS) is 14.0. The van der Waals surface area contributed by atoms with Crippen molar-refractivity contribution in [3.05, 3.63) is 35.4 Å². The van der Waals surface area contributed by atoms with Crippen LogP contribution in [0.3, 0.4) is 0 Å². The standard InChI is InChI=1S/C15H24N2O/c1-4-5-10-14(16)15(18)17-12(3)13-9-7-6-8-11(13)2/h6-9,12,14H,4-5,10,16H2,1-3H3,(H,17,18)/t12?,14-/m0/s1. The summed E-state index contributed by atoms with van der Waals surface area (Å²) in [6.45, 7) is 6.14. The first-order chi connectivity index (χ1) is 8.56. The Hall–Kier alpha value is -1.35. The van der Waals surface area contributed by atoms with Crippen molar-refractivity contribution in [1.29, 1.82) is 0 Å². The van der Waals surface area contributed by atoms with E-state index in [2.05, 4.69) is 25.2 Å². The zero-order valence-electron chi connectivity index (χ0n) is 11.6. The van der Waals surface area contributed by atoms with Crippen molar-refractivity contribution in [2.75, 3.05) is 0 Å². The van der Waals surface area contributed by atoms with E-state index in [0.29, 0.717) is 0 Å². The first-order valence-corrected chi connectivity index (χ1v) is 6.67. The van der Waals surface area contributed by atoms with Gasteiger partial charge < -0.3 is 11.1 Å². The van der Waals surface area contributed by atoms with Crippen LogP contribution in [0.25, 0.3) is 0 Å². The topological polar surface area (TPSA) is 55.1 Å². The summed E-state index contributed by atoms with van der Waals surface area (Å²) in [5, 5.41) is 2.98. The van der Waals surface area contributed by atoms with E-state index < -0.39 is 6.04 Å². The predicted molar refractivity (Wildman–Crippen MR) is 75.2 cm³/mol. The number of nitrogens with one attached hydrogen (secondary N) is 1. The number of unbranched alkanes of at least 4 members (excludes halogenated alkanes) is 1. The van der Waals surface area contributed by atoms with Crippen molar-refractivity contribution < 1.29 is 4.79 Å². The van der Waals surface area contributed by atoms with Crippen molar-refractivity contribution in [3.8, 4) is 0 Å². The molecule has 1 aromatic carbocycles. The zero-order valence-corrected chi connectivity index (χ0v) is 11.6. The maximum absolute atomic E-state index is 11.9. The number of carbonyl (C=O) groups excluding carboxylic acids is 1. The number of benzene rings is 1. The Kier molecular flexibility index (Phi) is 5.86. The van der Waals surface area contributed by atoms with E-state index in [9.17, 15) is 4.79 Å². The van der Waals surface area contributed by atoms with Crippen LogP contribution in [0.4, 0.5) is 0 Å². The minimum atomic E-state index is -0.392. The van der Waals surface area contributed by atoms with Gasteiger partial charge in [-0.1, -0.05) is 44.0 Å². The summed E-state index contributed by atoms with van der Waals surface area (Å²) in [5.74, 6) is -0.0563. The number of amides is 1. The molecular weight excluding hydrogens is 224 g/mol. The zero-order chi connectivity index (χ0) is 13.5. The minimum Gasteiger partial charge on any atom is -0.348 e. The number of hydrogen-bond donors (Lipinski definition) is 2. The second-order valence-electron chi connectivity index (χ2n) is 4.84. The molecule has 3 nitrogen and oxygen atoms in total. The summed E-state index contributed by atoms with van der Waals surface area (Å²) in [6, 6.07) is 7.69. The van der Waals surface area contributed by atoms with Gasteiger partial charge in [0.15, 0.2) is 0 Å². The Morgan fingerprint density at radius 1 is 1.39 bits per heavy atom. The Morgan fingerprint density at radius 3 is 2.67 bits per heavy atom. The average molecular weight is 248 g/mol. The summed E-state index contributed by atoms with van der Waals surface area (Å²) in [5.41, 5.74) is 8.19.